The largest absolute Gasteiger partial charge is 0.497 e. The number of aryl methyl sites for hydroxylation is 1. The van der Waals surface area contributed by atoms with Crippen LogP contribution in [0.15, 0.2) is 53.4 Å². The monoisotopic (exact) mass is 409 g/mol. The fraction of sp³-hybridized carbons (Fsp3) is 0.368. The van der Waals surface area contributed by atoms with Gasteiger partial charge >= 0.3 is 0 Å². The summed E-state index contributed by atoms with van der Waals surface area (Å²) in [6, 6.07) is 13.2. The minimum Gasteiger partial charge on any atom is -0.497 e. The fourth-order valence-corrected chi connectivity index (χ4v) is 8.04. The molecule has 0 aromatic heterocycles. The van der Waals surface area contributed by atoms with Crippen LogP contribution in [0.5, 0.6) is 5.75 Å². The van der Waals surface area contributed by atoms with Gasteiger partial charge in [-0.3, -0.25) is 0 Å². The van der Waals surface area contributed by atoms with Crippen molar-refractivity contribution in [2.24, 2.45) is 0 Å². The number of methoxy groups -OCH3 is 1. The van der Waals surface area contributed by atoms with Crippen LogP contribution in [-0.4, -0.2) is 46.7 Å². The highest BCUT2D eigenvalue weighted by Gasteiger charge is 2.45. The summed E-state index contributed by atoms with van der Waals surface area (Å²) in [5, 5.41) is 2.13. The van der Waals surface area contributed by atoms with E-state index < -0.39 is 31.0 Å². The van der Waals surface area contributed by atoms with E-state index in [0.29, 0.717) is 12.3 Å². The topological polar surface area (TPSA) is 89.5 Å². The maximum absolute atomic E-state index is 13.1. The van der Waals surface area contributed by atoms with Crippen molar-refractivity contribution in [1.29, 1.82) is 0 Å². The zero-order valence-corrected chi connectivity index (χ0v) is 16.9. The number of hydrogen-bond acceptors (Lipinski definition) is 6. The second-order valence-corrected chi connectivity index (χ2v) is 11.1. The molecule has 0 unspecified atom stereocenters. The van der Waals surface area contributed by atoms with Crippen LogP contribution in [0, 0.1) is 6.92 Å². The van der Waals surface area contributed by atoms with Crippen molar-refractivity contribution < 1.29 is 21.6 Å². The highest BCUT2D eigenvalue weighted by Crippen LogP contribution is 2.27. The van der Waals surface area contributed by atoms with E-state index in [2.05, 4.69) is 5.32 Å². The van der Waals surface area contributed by atoms with Crippen LogP contribution < -0.4 is 10.1 Å². The summed E-state index contributed by atoms with van der Waals surface area (Å²) in [7, 11) is -5.72. The van der Waals surface area contributed by atoms with Crippen LogP contribution in [0.1, 0.15) is 11.1 Å². The van der Waals surface area contributed by atoms with Gasteiger partial charge in [0.1, 0.15) is 5.75 Å². The highest BCUT2D eigenvalue weighted by atomic mass is 32.2. The van der Waals surface area contributed by atoms with Crippen LogP contribution in [0.25, 0.3) is 0 Å². The zero-order valence-electron chi connectivity index (χ0n) is 15.3. The summed E-state index contributed by atoms with van der Waals surface area (Å²) < 4.78 is 55.5. The average Bonchev–Trinajstić information content (AvgIpc) is 2.95. The Morgan fingerprint density at radius 1 is 1.11 bits per heavy atom. The maximum atomic E-state index is 13.1. The number of hydrogen-bond donors (Lipinski definition) is 1. The molecule has 1 fully saturated rings. The maximum Gasteiger partial charge on any atom is 0.183 e. The van der Waals surface area contributed by atoms with Gasteiger partial charge in [0.05, 0.1) is 28.8 Å². The molecule has 0 aliphatic carbocycles. The van der Waals surface area contributed by atoms with Crippen molar-refractivity contribution in [3.8, 4) is 5.75 Å². The number of ether oxygens (including phenoxy) is 1. The Morgan fingerprint density at radius 3 is 2.44 bits per heavy atom. The number of nitrogens with one attached hydrogen (secondary N) is 1. The first-order chi connectivity index (χ1) is 12.7. The second kappa shape index (κ2) is 7.61. The van der Waals surface area contributed by atoms with Crippen molar-refractivity contribution in [2.75, 3.05) is 18.6 Å². The lowest BCUT2D eigenvalue weighted by Gasteiger charge is -2.20. The van der Waals surface area contributed by atoms with Crippen LogP contribution in [0.2, 0.25) is 0 Å². The fourth-order valence-electron chi connectivity index (χ4n) is 3.32. The van der Waals surface area contributed by atoms with E-state index in [4.69, 9.17) is 4.74 Å². The normalized spacial score (nSPS) is 21.9. The van der Waals surface area contributed by atoms with Gasteiger partial charge in [-0.25, -0.2) is 16.8 Å². The Balaban J connectivity index is 1.84. The summed E-state index contributed by atoms with van der Waals surface area (Å²) in [5.41, 5.74) is 2.08. The first kappa shape index (κ1) is 19.9. The van der Waals surface area contributed by atoms with Crippen molar-refractivity contribution in [3.63, 3.8) is 0 Å². The summed E-state index contributed by atoms with van der Waals surface area (Å²) in [6.07, 6.45) is 0. The molecule has 1 heterocycles. The number of rotatable bonds is 6. The standard InChI is InChI=1S/C19H23NO5S2/c1-14-4-3-5-15(10-14)11-20-18-12-26(21,22)13-19(18)27(23,24)17-8-6-16(25-2)7-9-17/h3-10,18-20H,11-13H2,1-2H3/t18-,19-/m1/s1. The van der Waals surface area contributed by atoms with E-state index in [0.717, 1.165) is 11.1 Å². The molecule has 0 saturated carbocycles. The SMILES string of the molecule is COc1ccc(S(=O)(=O)[C@@H]2CS(=O)(=O)C[C@H]2NCc2cccc(C)c2)cc1. The van der Waals surface area contributed by atoms with Crippen LogP contribution >= 0.6 is 0 Å². The molecular weight excluding hydrogens is 386 g/mol. The van der Waals surface area contributed by atoms with Gasteiger partial charge in [0, 0.05) is 12.6 Å². The van der Waals surface area contributed by atoms with E-state index >= 15 is 0 Å². The summed E-state index contributed by atoms with van der Waals surface area (Å²) in [5.74, 6) is -0.00626. The Hall–Kier alpha value is -1.90. The van der Waals surface area contributed by atoms with Crippen LogP contribution in [-0.2, 0) is 26.2 Å². The van der Waals surface area contributed by atoms with Gasteiger partial charge in [-0.05, 0) is 36.8 Å². The van der Waals surface area contributed by atoms with E-state index in [-0.39, 0.29) is 16.4 Å². The molecule has 1 N–H and O–H groups in total. The van der Waals surface area contributed by atoms with Gasteiger partial charge in [-0.1, -0.05) is 29.8 Å². The van der Waals surface area contributed by atoms with Gasteiger partial charge in [-0.2, -0.15) is 0 Å². The van der Waals surface area contributed by atoms with E-state index in [1.54, 1.807) is 12.1 Å². The van der Waals surface area contributed by atoms with Crippen molar-refractivity contribution in [2.45, 2.75) is 29.7 Å². The first-order valence-electron chi connectivity index (χ1n) is 8.58. The zero-order chi connectivity index (χ0) is 19.7. The van der Waals surface area contributed by atoms with Crippen molar-refractivity contribution in [1.82, 2.24) is 5.32 Å². The predicted octanol–water partition coefficient (Wildman–Crippen LogP) is 1.73. The second-order valence-electron chi connectivity index (χ2n) is 6.81. The molecule has 1 aliphatic rings. The molecule has 0 radical (unpaired) electrons. The first-order valence-corrected chi connectivity index (χ1v) is 12.0. The molecule has 6 nitrogen and oxygen atoms in total. The van der Waals surface area contributed by atoms with Crippen molar-refractivity contribution >= 4 is 19.7 Å². The molecular formula is C19H23NO5S2. The van der Waals surface area contributed by atoms with Gasteiger partial charge < -0.3 is 10.1 Å². The third-order valence-corrected chi connectivity index (χ3v) is 8.90. The molecule has 1 aliphatic heterocycles. The third kappa shape index (κ3) is 4.51. The molecule has 2 aromatic rings. The number of sulfone groups is 2. The van der Waals surface area contributed by atoms with E-state index in [1.165, 1.54) is 19.2 Å². The Bertz CT molecular complexity index is 1010. The minimum absolute atomic E-state index is 0.104. The van der Waals surface area contributed by atoms with Gasteiger partial charge in [0.2, 0.25) is 0 Å². The molecule has 2 atom stereocenters. The Kier molecular flexibility index (Phi) is 5.60. The molecule has 0 bridgehead atoms. The molecule has 1 saturated heterocycles. The molecule has 146 valence electrons. The third-order valence-electron chi connectivity index (χ3n) is 4.74. The smallest absolute Gasteiger partial charge is 0.183 e. The average molecular weight is 410 g/mol. The Labute approximate surface area is 160 Å². The van der Waals surface area contributed by atoms with Crippen molar-refractivity contribution in [3.05, 3.63) is 59.7 Å². The summed E-state index contributed by atoms with van der Waals surface area (Å²) >= 11 is 0. The van der Waals surface area contributed by atoms with Crippen LogP contribution in [0.4, 0.5) is 0 Å². The lowest BCUT2D eigenvalue weighted by atomic mass is 10.1. The minimum atomic E-state index is -3.79. The summed E-state index contributed by atoms with van der Waals surface area (Å²) in [6.45, 7) is 2.39. The van der Waals surface area contributed by atoms with Gasteiger partial charge in [0.25, 0.3) is 0 Å². The highest BCUT2D eigenvalue weighted by molar-refractivity contribution is 7.96. The van der Waals surface area contributed by atoms with Gasteiger partial charge in [-0.15, -0.1) is 0 Å². The lowest BCUT2D eigenvalue weighted by Crippen LogP contribution is -2.43. The molecule has 8 heteroatoms. The Morgan fingerprint density at radius 2 is 1.81 bits per heavy atom. The molecule has 2 aromatic carbocycles. The van der Waals surface area contributed by atoms with E-state index in [1.807, 2.05) is 31.2 Å². The van der Waals surface area contributed by atoms with Gasteiger partial charge in [0.15, 0.2) is 19.7 Å². The van der Waals surface area contributed by atoms with Crippen LogP contribution in [0.3, 0.4) is 0 Å². The summed E-state index contributed by atoms with van der Waals surface area (Å²) in [4.78, 5) is 0.104. The molecule has 0 spiro atoms. The lowest BCUT2D eigenvalue weighted by molar-refractivity contribution is 0.414. The number of benzene rings is 2. The molecule has 27 heavy (non-hydrogen) atoms. The molecule has 3 rings (SSSR count). The molecule has 0 amide bonds. The predicted molar refractivity (Wildman–Crippen MR) is 104 cm³/mol. The quantitative estimate of drug-likeness (QED) is 0.782. The van der Waals surface area contributed by atoms with E-state index in [9.17, 15) is 16.8 Å².